The van der Waals surface area contributed by atoms with Gasteiger partial charge in [0.25, 0.3) is 0 Å². The Labute approximate surface area is 123 Å². The number of rotatable bonds is 3. The minimum absolute atomic E-state index is 0.504. The van der Waals surface area contributed by atoms with Gasteiger partial charge in [-0.05, 0) is 31.6 Å². The zero-order chi connectivity index (χ0) is 17.6. The van der Waals surface area contributed by atoms with E-state index in [9.17, 15) is 22.8 Å². The van der Waals surface area contributed by atoms with Crippen LogP contribution in [0.1, 0.15) is 32.6 Å². The third kappa shape index (κ3) is 6.61. The first kappa shape index (κ1) is 20.0. The highest BCUT2D eigenvalue weighted by molar-refractivity contribution is 5.80. The van der Waals surface area contributed by atoms with E-state index in [1.807, 2.05) is 0 Å². The Bertz CT molecular complexity index is 420. The molecule has 128 valence electrons. The smallest absolute Gasteiger partial charge is 0.480 e. The zero-order valence-corrected chi connectivity index (χ0v) is 11.7. The number of hydrogen-bond acceptors (Lipinski definition) is 4. The van der Waals surface area contributed by atoms with Gasteiger partial charge in [-0.1, -0.05) is 6.92 Å². The van der Waals surface area contributed by atoms with Crippen LogP contribution in [-0.4, -0.2) is 39.9 Å². The summed E-state index contributed by atoms with van der Waals surface area (Å²) in [4.78, 5) is 30.6. The monoisotopic (exact) mass is 329 g/mol. The molecule has 0 spiro atoms. The lowest BCUT2D eigenvalue weighted by molar-refractivity contribution is -0.192. The van der Waals surface area contributed by atoms with Crippen molar-refractivity contribution >= 4 is 18.0 Å². The van der Waals surface area contributed by atoms with Gasteiger partial charge in [0, 0.05) is 0 Å². The number of amides is 2. The predicted octanol–water partition coefficient (Wildman–Crippen LogP) is 0.826. The normalized spacial score (nSPS) is 24.6. The van der Waals surface area contributed by atoms with E-state index in [2.05, 4.69) is 17.8 Å². The number of hydrazine groups is 1. The molecule has 1 aliphatic carbocycles. The summed E-state index contributed by atoms with van der Waals surface area (Å²) in [6, 6.07) is -0.769. The van der Waals surface area contributed by atoms with Gasteiger partial charge in [-0.25, -0.2) is 15.0 Å². The van der Waals surface area contributed by atoms with Crippen molar-refractivity contribution < 1.29 is 37.8 Å². The highest BCUT2D eigenvalue weighted by Gasteiger charge is 2.41. The summed E-state index contributed by atoms with van der Waals surface area (Å²) in [7, 11) is 0. The topological polar surface area (TPSA) is 142 Å². The van der Waals surface area contributed by atoms with E-state index in [1.165, 1.54) is 0 Å². The second kappa shape index (κ2) is 7.82. The molecule has 11 heteroatoms. The first-order valence-electron chi connectivity index (χ1n) is 6.27. The molecule has 1 fully saturated rings. The highest BCUT2D eigenvalue weighted by atomic mass is 19.4. The number of carboxylic acid groups (broad SMARTS) is 2. The van der Waals surface area contributed by atoms with Gasteiger partial charge in [0.2, 0.25) is 0 Å². The van der Waals surface area contributed by atoms with Crippen LogP contribution in [-0.2, 0) is 9.59 Å². The van der Waals surface area contributed by atoms with Crippen LogP contribution in [0.15, 0.2) is 0 Å². The number of urea groups is 1. The summed E-state index contributed by atoms with van der Waals surface area (Å²) in [5, 5.41) is 16.3. The third-order valence-electron chi connectivity index (χ3n) is 3.20. The minimum Gasteiger partial charge on any atom is -0.480 e. The number of alkyl halides is 3. The predicted molar refractivity (Wildman–Crippen MR) is 67.5 cm³/mol. The standard InChI is InChI=1S/C9H17N3O3.C2HF3O2/c1-6-2-4-9(5-3-6,7(13)14)12-11-8(10)15;3-2(4,5)1(6)7/h6,12H,2-5H2,1H3,(H,13,14)(H3,10,11,15);(H,6,7)/t6-,9+;. The maximum Gasteiger partial charge on any atom is 0.490 e. The van der Waals surface area contributed by atoms with E-state index in [0.717, 1.165) is 12.8 Å². The molecule has 0 aromatic carbocycles. The number of aliphatic carboxylic acids is 2. The van der Waals surface area contributed by atoms with Crippen molar-refractivity contribution in [3.05, 3.63) is 0 Å². The van der Waals surface area contributed by atoms with Gasteiger partial charge >= 0.3 is 24.1 Å². The largest absolute Gasteiger partial charge is 0.490 e. The second-order valence-corrected chi connectivity index (χ2v) is 4.99. The summed E-state index contributed by atoms with van der Waals surface area (Å²) in [6.45, 7) is 2.09. The number of carboxylic acids is 2. The van der Waals surface area contributed by atoms with Crippen LogP contribution in [0, 0.1) is 5.92 Å². The van der Waals surface area contributed by atoms with Crippen LogP contribution in [0.4, 0.5) is 18.0 Å². The molecule has 0 radical (unpaired) electrons. The first-order valence-corrected chi connectivity index (χ1v) is 6.27. The van der Waals surface area contributed by atoms with Crippen LogP contribution in [0.3, 0.4) is 0 Å². The fourth-order valence-corrected chi connectivity index (χ4v) is 1.83. The van der Waals surface area contributed by atoms with Crippen LogP contribution >= 0.6 is 0 Å². The molecule has 1 aliphatic rings. The summed E-state index contributed by atoms with van der Waals surface area (Å²) >= 11 is 0. The molecule has 2 amide bonds. The van der Waals surface area contributed by atoms with Gasteiger partial charge < -0.3 is 15.9 Å². The van der Waals surface area contributed by atoms with Crippen molar-refractivity contribution in [3.63, 3.8) is 0 Å². The Balaban J connectivity index is 0.000000534. The van der Waals surface area contributed by atoms with Crippen molar-refractivity contribution in [3.8, 4) is 0 Å². The number of nitrogens with two attached hydrogens (primary N) is 1. The van der Waals surface area contributed by atoms with E-state index < -0.39 is 29.7 Å². The van der Waals surface area contributed by atoms with Gasteiger partial charge in [-0.2, -0.15) is 13.2 Å². The summed E-state index contributed by atoms with van der Waals surface area (Å²) in [6.07, 6.45) is -2.41. The van der Waals surface area contributed by atoms with Crippen molar-refractivity contribution in [2.24, 2.45) is 11.7 Å². The van der Waals surface area contributed by atoms with Crippen molar-refractivity contribution in [1.29, 1.82) is 0 Å². The minimum atomic E-state index is -5.08. The fourth-order valence-electron chi connectivity index (χ4n) is 1.83. The Hall–Kier alpha value is -2.04. The first-order chi connectivity index (χ1) is 9.90. The maximum atomic E-state index is 11.1. The van der Waals surface area contributed by atoms with Gasteiger partial charge in [-0.15, -0.1) is 0 Å². The molecule has 0 heterocycles. The molecular formula is C11H18F3N3O5. The van der Waals surface area contributed by atoms with Crippen LogP contribution in [0.5, 0.6) is 0 Å². The summed E-state index contributed by atoms with van der Waals surface area (Å²) in [5.41, 5.74) is 8.53. The molecule has 0 saturated heterocycles. The Morgan fingerprint density at radius 3 is 1.86 bits per heavy atom. The molecule has 22 heavy (non-hydrogen) atoms. The average Bonchev–Trinajstić information content (AvgIpc) is 2.37. The zero-order valence-electron chi connectivity index (χ0n) is 11.7. The molecular weight excluding hydrogens is 311 g/mol. The van der Waals surface area contributed by atoms with E-state index in [-0.39, 0.29) is 0 Å². The Morgan fingerprint density at radius 1 is 1.18 bits per heavy atom. The summed E-state index contributed by atoms with van der Waals surface area (Å²) < 4.78 is 31.7. The van der Waals surface area contributed by atoms with Crippen LogP contribution in [0.25, 0.3) is 0 Å². The summed E-state index contributed by atoms with van der Waals surface area (Å²) in [5.74, 6) is -3.16. The lowest BCUT2D eigenvalue weighted by atomic mass is 9.77. The molecule has 6 N–H and O–H groups in total. The fraction of sp³-hybridized carbons (Fsp3) is 0.727. The number of carbonyl (C=O) groups is 3. The average molecular weight is 329 g/mol. The van der Waals surface area contributed by atoms with Gasteiger partial charge in [-0.3, -0.25) is 10.2 Å². The van der Waals surface area contributed by atoms with Gasteiger partial charge in [0.15, 0.2) is 0 Å². The van der Waals surface area contributed by atoms with E-state index >= 15 is 0 Å². The van der Waals surface area contributed by atoms with Crippen LogP contribution < -0.4 is 16.6 Å². The van der Waals surface area contributed by atoms with Gasteiger partial charge in [0.05, 0.1) is 0 Å². The van der Waals surface area contributed by atoms with Gasteiger partial charge in [0.1, 0.15) is 5.54 Å². The molecule has 8 nitrogen and oxygen atoms in total. The third-order valence-corrected chi connectivity index (χ3v) is 3.20. The van der Waals surface area contributed by atoms with E-state index in [0.29, 0.717) is 18.8 Å². The van der Waals surface area contributed by atoms with Crippen molar-refractivity contribution in [2.75, 3.05) is 0 Å². The number of nitrogens with one attached hydrogen (secondary N) is 2. The molecule has 0 unspecified atom stereocenters. The molecule has 0 bridgehead atoms. The molecule has 1 saturated carbocycles. The number of halogens is 3. The van der Waals surface area contributed by atoms with E-state index in [4.69, 9.17) is 20.7 Å². The number of carbonyl (C=O) groups excluding carboxylic acids is 1. The lowest BCUT2D eigenvalue weighted by Crippen LogP contribution is -2.61. The van der Waals surface area contributed by atoms with Crippen molar-refractivity contribution in [2.45, 2.75) is 44.3 Å². The molecule has 0 atom stereocenters. The van der Waals surface area contributed by atoms with Crippen molar-refractivity contribution in [1.82, 2.24) is 10.9 Å². The number of hydrogen-bond donors (Lipinski definition) is 5. The second-order valence-electron chi connectivity index (χ2n) is 4.99. The van der Waals surface area contributed by atoms with E-state index in [1.54, 1.807) is 0 Å². The molecule has 1 rings (SSSR count). The maximum absolute atomic E-state index is 11.1. The molecule has 0 aliphatic heterocycles. The SMILES string of the molecule is C[C@H]1CC[C@](NNC(N)=O)(C(=O)O)CC1.O=C(O)C(F)(F)F. The quantitative estimate of drug-likeness (QED) is 0.485. The Morgan fingerprint density at radius 2 is 1.59 bits per heavy atom. The Kier molecular flexibility index (Phi) is 7.10. The van der Waals surface area contributed by atoms with Crippen LogP contribution in [0.2, 0.25) is 0 Å². The molecule has 0 aromatic heterocycles. The molecule has 0 aromatic rings. The highest BCUT2D eigenvalue weighted by Crippen LogP contribution is 2.31. The number of primary amides is 1. The lowest BCUT2D eigenvalue weighted by Gasteiger charge is -2.36.